The van der Waals surface area contributed by atoms with Crippen LogP contribution in [0.2, 0.25) is 0 Å². The minimum atomic E-state index is -0.281. The lowest BCUT2D eigenvalue weighted by molar-refractivity contribution is 0.590. The van der Waals surface area contributed by atoms with Crippen LogP contribution in [0.15, 0.2) is 138 Å². The monoisotopic (exact) mass is 898 g/mol. The van der Waals surface area contributed by atoms with Crippen molar-refractivity contribution < 1.29 is 4.42 Å². The summed E-state index contributed by atoms with van der Waals surface area (Å²) in [7, 11) is 0. The van der Waals surface area contributed by atoms with E-state index in [1.807, 2.05) is 11.3 Å². The molecule has 0 amide bonds. The molecule has 3 aromatic heterocycles. The van der Waals surface area contributed by atoms with Crippen LogP contribution in [0.4, 0.5) is 11.4 Å². The Hall–Kier alpha value is -6.56. The normalized spacial score (nSPS) is 15.0. The minimum Gasteiger partial charge on any atom is -0.456 e. The van der Waals surface area contributed by atoms with E-state index in [-0.39, 0.29) is 28.5 Å². The molecular weight excluding hydrogens is 844 g/mol. The Morgan fingerprint density at radius 1 is 0.529 bits per heavy atom. The number of anilines is 2. The zero-order valence-corrected chi connectivity index (χ0v) is 41.8. The van der Waals surface area contributed by atoms with E-state index >= 15 is 0 Å². The predicted octanol–water partition coefficient (Wildman–Crippen LogP) is 16.5. The fourth-order valence-electron chi connectivity index (χ4n) is 12.7. The topological polar surface area (TPSA) is 21.3 Å². The number of benzene rings is 8. The van der Waals surface area contributed by atoms with Crippen LogP contribution in [0, 0.1) is 0 Å². The van der Waals surface area contributed by atoms with Crippen molar-refractivity contribution in [1.29, 1.82) is 0 Å². The van der Waals surface area contributed by atoms with Gasteiger partial charge in [0, 0.05) is 69.8 Å². The molecule has 0 fully saturated rings. The highest BCUT2D eigenvalue weighted by Crippen LogP contribution is 2.60. The van der Waals surface area contributed by atoms with Crippen molar-refractivity contribution in [1.82, 2.24) is 4.57 Å². The fourth-order valence-corrected chi connectivity index (χ4v) is 13.8. The third kappa shape index (κ3) is 5.21. The minimum absolute atomic E-state index is 0.0184. The number of nitrogens with zero attached hydrogens (tertiary/aromatic N) is 2. The molecule has 3 aliphatic rings. The van der Waals surface area contributed by atoms with Gasteiger partial charge < -0.3 is 13.8 Å². The molecule has 11 aromatic rings. The standard InChI is InChI=1S/C63H55BN2OS/c1-60(2,3)34-20-24-37(25-21-34)66-48-33-53-42(39-26-22-36(62(7,8)9)29-52(39)68-53)30-44(48)56-57-54(40-17-12-14-18-45(40)63(57,10)11)55-43-28-35(61(4,5)6)23-27-47(43)65-49-31-41-38-16-13-15-19-50(38)67-51(41)32-46(49)64(66)58(56)59(55)65/h12-33H,1-11H3. The Bertz CT molecular complexity index is 4060. The van der Waals surface area contributed by atoms with Gasteiger partial charge in [0.2, 0.25) is 0 Å². The number of furan rings is 1. The number of fused-ring (bicyclic) bond motifs is 19. The van der Waals surface area contributed by atoms with Crippen LogP contribution >= 0.6 is 11.3 Å². The summed E-state index contributed by atoms with van der Waals surface area (Å²) in [4.78, 5) is 2.71. The second-order valence-corrected chi connectivity index (χ2v) is 24.8. The van der Waals surface area contributed by atoms with E-state index in [4.69, 9.17) is 4.42 Å². The van der Waals surface area contributed by atoms with E-state index in [1.165, 1.54) is 120 Å². The van der Waals surface area contributed by atoms with E-state index in [0.29, 0.717) is 0 Å². The molecule has 0 N–H and O–H groups in total. The van der Waals surface area contributed by atoms with Gasteiger partial charge in [-0.2, -0.15) is 0 Å². The summed E-state index contributed by atoms with van der Waals surface area (Å²) in [6.45, 7) is 25.8. The molecule has 5 heterocycles. The molecular formula is C63H55BN2OS. The van der Waals surface area contributed by atoms with Gasteiger partial charge in [0.1, 0.15) is 11.2 Å². The molecule has 2 aliphatic heterocycles. The second-order valence-electron chi connectivity index (χ2n) is 23.8. The smallest absolute Gasteiger partial charge is 0.333 e. The number of thiophene rings is 1. The molecule has 1 aliphatic carbocycles. The van der Waals surface area contributed by atoms with E-state index in [1.54, 1.807) is 0 Å². The molecule has 5 heteroatoms. The molecule has 14 rings (SSSR count). The zero-order valence-electron chi connectivity index (χ0n) is 41.0. The first-order valence-corrected chi connectivity index (χ1v) is 25.3. The Morgan fingerprint density at radius 3 is 1.97 bits per heavy atom. The summed E-state index contributed by atoms with van der Waals surface area (Å²) in [5, 5.41) is 7.65. The molecule has 8 aromatic carbocycles. The largest absolute Gasteiger partial charge is 0.456 e. The summed E-state index contributed by atoms with van der Waals surface area (Å²) in [6, 6.07) is 51.9. The third-order valence-corrected chi connectivity index (χ3v) is 17.3. The van der Waals surface area contributed by atoms with Gasteiger partial charge in [0.05, 0.1) is 11.0 Å². The van der Waals surface area contributed by atoms with Gasteiger partial charge in [-0.25, -0.2) is 0 Å². The number of rotatable bonds is 1. The Labute approximate surface area is 403 Å². The highest BCUT2D eigenvalue weighted by atomic mass is 32.1. The van der Waals surface area contributed by atoms with Gasteiger partial charge in [-0.3, -0.25) is 0 Å². The molecule has 68 heavy (non-hydrogen) atoms. The molecule has 0 bridgehead atoms. The molecule has 332 valence electrons. The van der Waals surface area contributed by atoms with Crippen molar-refractivity contribution in [2.24, 2.45) is 0 Å². The van der Waals surface area contributed by atoms with Crippen molar-refractivity contribution in [3.8, 4) is 27.9 Å². The van der Waals surface area contributed by atoms with Crippen molar-refractivity contribution in [3.05, 3.63) is 161 Å². The van der Waals surface area contributed by atoms with Gasteiger partial charge in [-0.1, -0.05) is 149 Å². The maximum atomic E-state index is 6.85. The van der Waals surface area contributed by atoms with Crippen LogP contribution in [0.1, 0.15) is 104 Å². The van der Waals surface area contributed by atoms with Crippen LogP contribution in [0.5, 0.6) is 0 Å². The van der Waals surface area contributed by atoms with Crippen LogP contribution in [-0.2, 0) is 21.7 Å². The number of para-hydroxylation sites is 1. The average Bonchev–Trinajstić information content (AvgIpc) is 4.02. The third-order valence-electron chi connectivity index (χ3n) is 16.2. The Morgan fingerprint density at radius 2 is 1.21 bits per heavy atom. The summed E-state index contributed by atoms with van der Waals surface area (Å²) in [5.74, 6) is 0. The molecule has 0 spiro atoms. The summed E-state index contributed by atoms with van der Waals surface area (Å²) in [5.41, 5.74) is 22.8. The number of hydrogen-bond donors (Lipinski definition) is 0. The van der Waals surface area contributed by atoms with Crippen molar-refractivity contribution in [3.63, 3.8) is 0 Å². The fraction of sp³-hybridized carbons (Fsp3) is 0.238. The molecule has 3 nitrogen and oxygen atoms in total. The SMILES string of the molecule is CC(C)(C)c1ccc(N2B3c4cc5oc6ccccc6c5cc4-n4c5ccc(C(C)(C)C)cc5c5c6c(c(c3c54)-c3cc4c(cc32)sc2cc(C(C)(C)C)ccc24)C(C)(C)c2ccccc2-6)cc1. The second kappa shape index (κ2) is 12.9. The van der Waals surface area contributed by atoms with E-state index in [9.17, 15) is 0 Å². The Kier molecular flexibility index (Phi) is 7.71. The first-order valence-electron chi connectivity index (χ1n) is 24.5. The lowest BCUT2D eigenvalue weighted by Gasteiger charge is -2.43. The average molecular weight is 899 g/mol. The summed E-state index contributed by atoms with van der Waals surface area (Å²) < 4.78 is 12.2. The van der Waals surface area contributed by atoms with Crippen LogP contribution < -0.4 is 15.7 Å². The quantitative estimate of drug-likeness (QED) is 0.153. The first-order chi connectivity index (χ1) is 32.4. The number of hydrogen-bond acceptors (Lipinski definition) is 3. The summed E-state index contributed by atoms with van der Waals surface area (Å²) in [6.07, 6.45) is 0. The Balaban J connectivity index is 1.22. The van der Waals surface area contributed by atoms with Crippen molar-refractivity contribution in [2.45, 2.75) is 97.8 Å². The van der Waals surface area contributed by atoms with E-state index in [2.05, 4.69) is 219 Å². The highest BCUT2D eigenvalue weighted by Gasteiger charge is 2.50. The van der Waals surface area contributed by atoms with Crippen LogP contribution in [0.25, 0.3) is 91.9 Å². The predicted molar refractivity (Wildman–Crippen MR) is 294 cm³/mol. The molecule has 0 saturated heterocycles. The van der Waals surface area contributed by atoms with Crippen LogP contribution in [0.3, 0.4) is 0 Å². The molecule has 0 unspecified atom stereocenters. The molecule has 0 saturated carbocycles. The van der Waals surface area contributed by atoms with Crippen LogP contribution in [-0.4, -0.2) is 11.4 Å². The van der Waals surface area contributed by atoms with Gasteiger partial charge in [-0.15, -0.1) is 11.3 Å². The van der Waals surface area contributed by atoms with Crippen molar-refractivity contribution >= 4 is 104 Å². The highest BCUT2D eigenvalue weighted by molar-refractivity contribution is 7.25. The van der Waals surface area contributed by atoms with Crippen molar-refractivity contribution in [2.75, 3.05) is 4.81 Å². The maximum Gasteiger partial charge on any atom is 0.333 e. The maximum absolute atomic E-state index is 6.85. The lowest BCUT2D eigenvalue weighted by Crippen LogP contribution is -2.61. The lowest BCUT2D eigenvalue weighted by atomic mass is 9.43. The van der Waals surface area contributed by atoms with E-state index in [0.717, 1.165) is 21.9 Å². The van der Waals surface area contributed by atoms with Gasteiger partial charge in [-0.05, 0) is 132 Å². The van der Waals surface area contributed by atoms with Gasteiger partial charge in [0.25, 0.3) is 0 Å². The van der Waals surface area contributed by atoms with E-state index < -0.39 is 0 Å². The number of aromatic nitrogens is 1. The molecule has 0 atom stereocenters. The van der Waals surface area contributed by atoms with Gasteiger partial charge in [0.15, 0.2) is 0 Å². The van der Waals surface area contributed by atoms with Gasteiger partial charge >= 0.3 is 6.85 Å². The first kappa shape index (κ1) is 40.5. The zero-order chi connectivity index (χ0) is 46.7. The molecule has 0 radical (unpaired) electrons. The summed E-state index contributed by atoms with van der Waals surface area (Å²) >= 11 is 1.94.